The third kappa shape index (κ3) is 2.59. The lowest BCUT2D eigenvalue weighted by Gasteiger charge is -2.40. The largest absolute Gasteiger partial charge is 0.392 e. The van der Waals surface area contributed by atoms with Crippen LogP contribution < -0.4 is 4.90 Å². The summed E-state index contributed by atoms with van der Waals surface area (Å²) in [6.07, 6.45) is 9.89. The molecule has 1 aliphatic heterocycles. The average molecular weight is 281 g/mol. The van der Waals surface area contributed by atoms with Crippen molar-refractivity contribution in [1.82, 2.24) is 4.98 Å². The lowest BCUT2D eigenvalue weighted by atomic mass is 9.77. The first kappa shape index (κ1) is 13.2. The minimum atomic E-state index is -0.00386. The SMILES string of the molecule is OCc1cnc(N2CCC3(CCCC3)CC2)c(Cl)c1. The molecular weight excluding hydrogens is 260 g/mol. The van der Waals surface area contributed by atoms with Crippen LogP contribution in [-0.4, -0.2) is 23.2 Å². The van der Waals surface area contributed by atoms with Gasteiger partial charge >= 0.3 is 0 Å². The zero-order valence-corrected chi connectivity index (χ0v) is 12.0. The standard InChI is InChI=1S/C15H21ClN2O/c16-13-9-12(11-19)10-17-14(13)18-7-5-15(6-8-18)3-1-2-4-15/h9-10,19H,1-8,11H2. The van der Waals surface area contributed by atoms with Crippen molar-refractivity contribution in [3.05, 3.63) is 22.8 Å². The van der Waals surface area contributed by atoms with Crippen LogP contribution in [-0.2, 0) is 6.61 Å². The van der Waals surface area contributed by atoms with E-state index >= 15 is 0 Å². The van der Waals surface area contributed by atoms with E-state index < -0.39 is 0 Å². The molecule has 2 heterocycles. The van der Waals surface area contributed by atoms with Crippen LogP contribution in [0.25, 0.3) is 0 Å². The van der Waals surface area contributed by atoms with Gasteiger partial charge in [0.05, 0.1) is 11.6 Å². The van der Waals surface area contributed by atoms with Crippen molar-refractivity contribution in [2.24, 2.45) is 5.41 Å². The number of rotatable bonds is 2. The van der Waals surface area contributed by atoms with E-state index in [1.54, 1.807) is 6.20 Å². The van der Waals surface area contributed by atoms with Crippen molar-refractivity contribution in [2.45, 2.75) is 45.1 Å². The highest BCUT2D eigenvalue weighted by Crippen LogP contribution is 2.46. The van der Waals surface area contributed by atoms with E-state index in [1.165, 1.54) is 38.5 Å². The van der Waals surface area contributed by atoms with Crippen LogP contribution in [0.15, 0.2) is 12.3 Å². The third-order valence-electron chi connectivity index (χ3n) is 4.85. The van der Waals surface area contributed by atoms with E-state index in [0.29, 0.717) is 10.4 Å². The molecule has 1 aromatic rings. The van der Waals surface area contributed by atoms with E-state index in [4.69, 9.17) is 16.7 Å². The van der Waals surface area contributed by atoms with Crippen molar-refractivity contribution >= 4 is 17.4 Å². The van der Waals surface area contributed by atoms with Crippen molar-refractivity contribution < 1.29 is 5.11 Å². The van der Waals surface area contributed by atoms with Crippen LogP contribution in [0.3, 0.4) is 0 Å². The van der Waals surface area contributed by atoms with Crippen LogP contribution in [0.4, 0.5) is 5.82 Å². The summed E-state index contributed by atoms with van der Waals surface area (Å²) in [6.45, 7) is 2.12. The van der Waals surface area contributed by atoms with Crippen LogP contribution >= 0.6 is 11.6 Å². The molecule has 0 atom stereocenters. The Morgan fingerprint density at radius 2 is 1.89 bits per heavy atom. The first-order chi connectivity index (χ1) is 9.22. The maximum Gasteiger partial charge on any atom is 0.147 e. The second-order valence-electron chi connectivity index (χ2n) is 6.00. The maximum absolute atomic E-state index is 9.09. The van der Waals surface area contributed by atoms with Crippen molar-refractivity contribution in [3.8, 4) is 0 Å². The predicted octanol–water partition coefficient (Wildman–Crippen LogP) is 3.39. The molecule has 0 radical (unpaired) electrons. The smallest absolute Gasteiger partial charge is 0.147 e. The molecule has 1 aliphatic carbocycles. The Kier molecular flexibility index (Phi) is 3.68. The number of hydrogen-bond donors (Lipinski definition) is 1. The molecule has 104 valence electrons. The summed E-state index contributed by atoms with van der Waals surface area (Å²) in [5.41, 5.74) is 1.40. The zero-order valence-electron chi connectivity index (χ0n) is 11.2. The number of anilines is 1. The van der Waals surface area contributed by atoms with Gasteiger partial charge in [0.2, 0.25) is 0 Å². The van der Waals surface area contributed by atoms with Gasteiger partial charge < -0.3 is 10.0 Å². The summed E-state index contributed by atoms with van der Waals surface area (Å²) in [5, 5.41) is 9.75. The first-order valence-corrected chi connectivity index (χ1v) is 7.60. The molecule has 1 spiro atoms. The fourth-order valence-corrected chi connectivity index (χ4v) is 3.92. The molecule has 1 N–H and O–H groups in total. The highest BCUT2D eigenvalue weighted by molar-refractivity contribution is 6.33. The Hall–Kier alpha value is -0.800. The molecular formula is C15H21ClN2O. The molecule has 0 bridgehead atoms. The molecule has 19 heavy (non-hydrogen) atoms. The predicted molar refractivity (Wildman–Crippen MR) is 77.5 cm³/mol. The monoisotopic (exact) mass is 280 g/mol. The van der Waals surface area contributed by atoms with Crippen LogP contribution in [0.1, 0.15) is 44.1 Å². The molecule has 3 nitrogen and oxygen atoms in total. The van der Waals surface area contributed by atoms with E-state index in [1.807, 2.05) is 6.07 Å². The fraction of sp³-hybridized carbons (Fsp3) is 0.667. The first-order valence-electron chi connectivity index (χ1n) is 7.23. The number of pyridine rings is 1. The molecule has 2 fully saturated rings. The minimum Gasteiger partial charge on any atom is -0.392 e. The fourth-order valence-electron chi connectivity index (χ4n) is 3.61. The number of aliphatic hydroxyl groups is 1. The average Bonchev–Trinajstić information content (AvgIpc) is 2.88. The molecule has 1 saturated carbocycles. The molecule has 0 aromatic carbocycles. The number of aliphatic hydroxyl groups excluding tert-OH is 1. The molecule has 3 rings (SSSR count). The number of aromatic nitrogens is 1. The van der Waals surface area contributed by atoms with Gasteiger partial charge in [0.1, 0.15) is 5.82 Å². The Morgan fingerprint density at radius 3 is 2.47 bits per heavy atom. The zero-order chi connectivity index (χ0) is 13.3. The summed E-state index contributed by atoms with van der Waals surface area (Å²) >= 11 is 6.28. The normalized spacial score (nSPS) is 22.1. The minimum absolute atomic E-state index is 0.00386. The quantitative estimate of drug-likeness (QED) is 0.902. The highest BCUT2D eigenvalue weighted by Gasteiger charge is 2.37. The van der Waals surface area contributed by atoms with Gasteiger partial charge in [0, 0.05) is 19.3 Å². The van der Waals surface area contributed by atoms with Gasteiger partial charge in [-0.3, -0.25) is 0 Å². The summed E-state index contributed by atoms with van der Waals surface area (Å²) in [6, 6.07) is 1.82. The van der Waals surface area contributed by atoms with Gasteiger partial charge in [0.25, 0.3) is 0 Å². The number of piperidine rings is 1. The number of halogens is 1. The molecule has 2 aliphatic rings. The van der Waals surface area contributed by atoms with Crippen LogP contribution in [0, 0.1) is 5.41 Å². The Bertz CT molecular complexity index is 447. The highest BCUT2D eigenvalue weighted by atomic mass is 35.5. The lowest BCUT2D eigenvalue weighted by molar-refractivity contribution is 0.226. The number of nitrogens with zero attached hydrogens (tertiary/aromatic N) is 2. The molecule has 1 aromatic heterocycles. The summed E-state index contributed by atoms with van der Waals surface area (Å²) in [5.74, 6) is 0.881. The van der Waals surface area contributed by atoms with Gasteiger partial charge in [-0.15, -0.1) is 0 Å². The summed E-state index contributed by atoms with van der Waals surface area (Å²) in [7, 11) is 0. The summed E-state index contributed by atoms with van der Waals surface area (Å²) < 4.78 is 0. The Balaban J connectivity index is 1.71. The molecule has 0 amide bonds. The van der Waals surface area contributed by atoms with E-state index in [2.05, 4.69) is 9.88 Å². The maximum atomic E-state index is 9.09. The summed E-state index contributed by atoms with van der Waals surface area (Å²) in [4.78, 5) is 6.72. The lowest BCUT2D eigenvalue weighted by Crippen LogP contribution is -2.39. The Morgan fingerprint density at radius 1 is 1.21 bits per heavy atom. The van der Waals surface area contributed by atoms with E-state index in [0.717, 1.165) is 24.5 Å². The second-order valence-corrected chi connectivity index (χ2v) is 6.41. The van der Waals surface area contributed by atoms with E-state index in [9.17, 15) is 0 Å². The van der Waals surface area contributed by atoms with Gasteiger partial charge in [-0.2, -0.15) is 0 Å². The van der Waals surface area contributed by atoms with Crippen LogP contribution in [0.2, 0.25) is 5.02 Å². The van der Waals surface area contributed by atoms with Gasteiger partial charge in [-0.25, -0.2) is 4.98 Å². The topological polar surface area (TPSA) is 36.4 Å². The third-order valence-corrected chi connectivity index (χ3v) is 5.13. The van der Waals surface area contributed by atoms with Gasteiger partial charge in [-0.1, -0.05) is 24.4 Å². The van der Waals surface area contributed by atoms with Crippen molar-refractivity contribution in [2.75, 3.05) is 18.0 Å². The van der Waals surface area contributed by atoms with Crippen LogP contribution in [0.5, 0.6) is 0 Å². The van der Waals surface area contributed by atoms with E-state index in [-0.39, 0.29) is 6.61 Å². The molecule has 0 unspecified atom stereocenters. The second kappa shape index (κ2) is 5.29. The number of hydrogen-bond acceptors (Lipinski definition) is 3. The molecule has 1 saturated heterocycles. The molecule has 4 heteroatoms. The van der Waals surface area contributed by atoms with Gasteiger partial charge in [0.15, 0.2) is 0 Å². The van der Waals surface area contributed by atoms with Crippen molar-refractivity contribution in [1.29, 1.82) is 0 Å². The Labute approximate surface area is 119 Å². The van der Waals surface area contributed by atoms with Crippen molar-refractivity contribution in [3.63, 3.8) is 0 Å². The van der Waals surface area contributed by atoms with Gasteiger partial charge in [-0.05, 0) is 42.7 Å².